The van der Waals surface area contributed by atoms with Crippen LogP contribution < -0.4 is 0 Å². The van der Waals surface area contributed by atoms with Gasteiger partial charge in [-0.15, -0.1) is 0 Å². The first-order chi connectivity index (χ1) is 14.3. The zero-order valence-electron chi connectivity index (χ0n) is 18.3. The van der Waals surface area contributed by atoms with Gasteiger partial charge in [-0.1, -0.05) is 11.6 Å². The third-order valence-corrected chi connectivity index (χ3v) is 5.31. The molecule has 0 amide bonds. The standard InChI is InChI=1S/C22H29ClF3NO4/c1-5-30-20(29)15-11-17(22(24,25)26)16(18(23)12-15)13-27-8-6-14(7-9-27)10-19(28)31-21(2,3)4/h11-12,14H,5-10,13H2,1-4H3. The molecule has 9 heteroatoms. The van der Waals surface area contributed by atoms with E-state index in [0.717, 1.165) is 6.07 Å². The lowest BCUT2D eigenvalue weighted by Gasteiger charge is -2.33. The Bertz CT molecular complexity index is 797. The topological polar surface area (TPSA) is 55.8 Å². The number of carbonyl (C=O) groups excluding carboxylic acids is 2. The summed E-state index contributed by atoms with van der Waals surface area (Å²) in [5.74, 6) is -0.970. The van der Waals surface area contributed by atoms with Crippen molar-refractivity contribution in [1.82, 2.24) is 4.90 Å². The number of rotatable bonds is 6. The zero-order chi connectivity index (χ0) is 23.4. The van der Waals surface area contributed by atoms with Crippen LogP contribution in [0.1, 0.15) is 68.4 Å². The zero-order valence-corrected chi connectivity index (χ0v) is 19.0. The minimum atomic E-state index is -4.66. The van der Waals surface area contributed by atoms with E-state index < -0.39 is 23.3 Å². The van der Waals surface area contributed by atoms with Crippen LogP contribution in [0.2, 0.25) is 5.02 Å². The molecule has 2 rings (SSSR count). The van der Waals surface area contributed by atoms with Gasteiger partial charge < -0.3 is 9.47 Å². The average molecular weight is 464 g/mol. The molecule has 1 aliphatic heterocycles. The third kappa shape index (κ3) is 7.68. The van der Waals surface area contributed by atoms with E-state index in [1.165, 1.54) is 6.07 Å². The molecule has 174 valence electrons. The van der Waals surface area contributed by atoms with Gasteiger partial charge in [0, 0.05) is 18.0 Å². The second-order valence-corrected chi connectivity index (χ2v) is 9.12. The minimum absolute atomic E-state index is 0.00986. The minimum Gasteiger partial charge on any atom is -0.462 e. The van der Waals surface area contributed by atoms with Gasteiger partial charge in [0.1, 0.15) is 5.60 Å². The van der Waals surface area contributed by atoms with Crippen molar-refractivity contribution < 1.29 is 32.2 Å². The first-order valence-corrected chi connectivity index (χ1v) is 10.7. The van der Waals surface area contributed by atoms with Crippen LogP contribution in [-0.4, -0.2) is 42.1 Å². The van der Waals surface area contributed by atoms with Gasteiger partial charge in [-0.25, -0.2) is 4.79 Å². The van der Waals surface area contributed by atoms with E-state index in [9.17, 15) is 22.8 Å². The van der Waals surface area contributed by atoms with Crippen LogP contribution in [0, 0.1) is 5.92 Å². The smallest absolute Gasteiger partial charge is 0.416 e. The van der Waals surface area contributed by atoms with E-state index in [4.69, 9.17) is 21.1 Å². The van der Waals surface area contributed by atoms with E-state index in [2.05, 4.69) is 0 Å². The van der Waals surface area contributed by atoms with Crippen molar-refractivity contribution in [2.24, 2.45) is 5.92 Å². The fourth-order valence-corrected chi connectivity index (χ4v) is 3.85. The van der Waals surface area contributed by atoms with Gasteiger partial charge in [-0.05, 0) is 77.2 Å². The van der Waals surface area contributed by atoms with Crippen molar-refractivity contribution >= 4 is 23.5 Å². The molecule has 0 aromatic heterocycles. The van der Waals surface area contributed by atoms with Crippen LogP contribution in [0.3, 0.4) is 0 Å². The molecule has 1 fully saturated rings. The Labute approximate surface area is 185 Å². The Morgan fingerprint density at radius 2 is 1.77 bits per heavy atom. The van der Waals surface area contributed by atoms with Crippen molar-refractivity contribution in [1.29, 1.82) is 0 Å². The number of esters is 2. The average Bonchev–Trinajstić information content (AvgIpc) is 2.62. The molecular weight excluding hydrogens is 435 g/mol. The molecule has 5 nitrogen and oxygen atoms in total. The summed E-state index contributed by atoms with van der Waals surface area (Å²) in [6.45, 7) is 8.15. The van der Waals surface area contributed by atoms with E-state index in [0.29, 0.717) is 32.4 Å². The van der Waals surface area contributed by atoms with E-state index in [-0.39, 0.29) is 41.2 Å². The summed E-state index contributed by atoms with van der Waals surface area (Å²) >= 11 is 6.17. The van der Waals surface area contributed by atoms with E-state index in [1.54, 1.807) is 6.92 Å². The third-order valence-electron chi connectivity index (χ3n) is 4.98. The molecule has 31 heavy (non-hydrogen) atoms. The predicted octanol–water partition coefficient (Wildman–Crippen LogP) is 5.48. The number of nitrogens with zero attached hydrogens (tertiary/aromatic N) is 1. The summed E-state index contributed by atoms with van der Waals surface area (Å²) in [4.78, 5) is 25.8. The lowest BCUT2D eigenvalue weighted by molar-refractivity contribution is -0.156. The van der Waals surface area contributed by atoms with Crippen LogP contribution in [0.25, 0.3) is 0 Å². The van der Waals surface area contributed by atoms with Crippen molar-refractivity contribution in [2.75, 3.05) is 19.7 Å². The summed E-state index contributed by atoms with van der Waals surface area (Å²) in [5.41, 5.74) is -1.76. The summed E-state index contributed by atoms with van der Waals surface area (Å²) in [7, 11) is 0. The second kappa shape index (κ2) is 10.2. The number of likely N-dealkylation sites (tertiary alicyclic amines) is 1. The lowest BCUT2D eigenvalue weighted by Crippen LogP contribution is -2.35. The molecule has 1 aromatic rings. The van der Waals surface area contributed by atoms with Crippen molar-refractivity contribution in [3.63, 3.8) is 0 Å². The van der Waals surface area contributed by atoms with Gasteiger partial charge in [0.15, 0.2) is 0 Å². The highest BCUT2D eigenvalue weighted by molar-refractivity contribution is 6.31. The summed E-state index contributed by atoms with van der Waals surface area (Å²) < 4.78 is 51.2. The van der Waals surface area contributed by atoms with Crippen LogP contribution in [0.15, 0.2) is 12.1 Å². The number of piperidine rings is 1. The molecule has 0 bridgehead atoms. The van der Waals surface area contributed by atoms with Crippen molar-refractivity contribution in [2.45, 2.75) is 65.3 Å². The SMILES string of the molecule is CCOC(=O)c1cc(Cl)c(CN2CCC(CC(=O)OC(C)(C)C)CC2)c(C(F)(F)F)c1. The van der Waals surface area contributed by atoms with Gasteiger partial charge in [0.25, 0.3) is 0 Å². The summed E-state index contributed by atoms with van der Waals surface area (Å²) in [6.07, 6.45) is -3.00. The highest BCUT2D eigenvalue weighted by Crippen LogP contribution is 2.37. The molecule has 0 saturated carbocycles. The van der Waals surface area contributed by atoms with Gasteiger partial charge in [0.2, 0.25) is 0 Å². The summed E-state index contributed by atoms with van der Waals surface area (Å²) in [5, 5.41) is -0.117. The highest BCUT2D eigenvalue weighted by Gasteiger charge is 2.36. The predicted molar refractivity (Wildman–Crippen MR) is 111 cm³/mol. The maximum atomic E-state index is 13.7. The van der Waals surface area contributed by atoms with Crippen LogP contribution in [0.5, 0.6) is 0 Å². The molecule has 1 aromatic carbocycles. The van der Waals surface area contributed by atoms with E-state index >= 15 is 0 Å². The molecular formula is C22H29ClF3NO4. The maximum absolute atomic E-state index is 13.7. The first-order valence-electron chi connectivity index (χ1n) is 10.3. The number of ether oxygens (including phenoxy) is 2. The monoisotopic (exact) mass is 463 g/mol. The number of halogens is 4. The Morgan fingerprint density at radius 1 is 1.16 bits per heavy atom. The molecule has 0 aliphatic carbocycles. The maximum Gasteiger partial charge on any atom is 0.416 e. The Kier molecular flexibility index (Phi) is 8.39. The fraction of sp³-hybridized carbons (Fsp3) is 0.636. The largest absolute Gasteiger partial charge is 0.462 e. The number of hydrogen-bond acceptors (Lipinski definition) is 5. The van der Waals surface area contributed by atoms with Gasteiger partial charge in [-0.3, -0.25) is 9.69 Å². The number of benzene rings is 1. The van der Waals surface area contributed by atoms with Crippen LogP contribution >= 0.6 is 11.6 Å². The molecule has 0 radical (unpaired) electrons. The number of hydrogen-bond donors (Lipinski definition) is 0. The van der Waals surface area contributed by atoms with Crippen molar-refractivity contribution in [3.05, 3.63) is 33.8 Å². The molecule has 1 aliphatic rings. The lowest BCUT2D eigenvalue weighted by atomic mass is 9.93. The Morgan fingerprint density at radius 3 is 2.29 bits per heavy atom. The quantitative estimate of drug-likeness (QED) is 0.523. The molecule has 0 N–H and O–H groups in total. The Balaban J connectivity index is 2.08. The number of alkyl halides is 3. The van der Waals surface area contributed by atoms with E-state index in [1.807, 2.05) is 25.7 Å². The molecule has 1 saturated heterocycles. The van der Waals surface area contributed by atoms with Gasteiger partial charge in [0.05, 0.1) is 17.7 Å². The highest BCUT2D eigenvalue weighted by atomic mass is 35.5. The second-order valence-electron chi connectivity index (χ2n) is 8.71. The van der Waals surface area contributed by atoms with Crippen LogP contribution in [-0.2, 0) is 27.0 Å². The van der Waals surface area contributed by atoms with Crippen molar-refractivity contribution in [3.8, 4) is 0 Å². The Hall–Kier alpha value is -1.80. The molecule has 1 heterocycles. The molecule has 0 unspecified atom stereocenters. The normalized spacial score (nSPS) is 16.3. The first kappa shape index (κ1) is 25.5. The number of carbonyl (C=O) groups is 2. The van der Waals surface area contributed by atoms with Gasteiger partial charge >= 0.3 is 18.1 Å². The fourth-order valence-electron chi connectivity index (χ4n) is 3.57. The molecule has 0 atom stereocenters. The summed E-state index contributed by atoms with van der Waals surface area (Å²) in [6, 6.07) is 2.02. The van der Waals surface area contributed by atoms with Crippen LogP contribution in [0.4, 0.5) is 13.2 Å². The molecule has 0 spiro atoms. The van der Waals surface area contributed by atoms with Gasteiger partial charge in [-0.2, -0.15) is 13.2 Å².